The van der Waals surface area contributed by atoms with Crippen LogP contribution in [0.15, 0.2) is 39.3 Å². The quantitative estimate of drug-likeness (QED) is 0.769. The molecule has 1 aliphatic heterocycles. The van der Waals surface area contributed by atoms with Gasteiger partial charge in [-0.15, -0.1) is 0 Å². The van der Waals surface area contributed by atoms with Crippen LogP contribution in [-0.2, 0) is 11.2 Å². The number of hydrogen-bond donors (Lipinski definition) is 2. The second-order valence-corrected chi connectivity index (χ2v) is 6.02. The molecule has 2 aromatic rings. The highest BCUT2D eigenvalue weighted by atomic mass is 79.9. The number of hydrogen-bond acceptors (Lipinski definition) is 3. The van der Waals surface area contributed by atoms with Crippen LogP contribution in [0.2, 0.25) is 0 Å². The third kappa shape index (κ3) is 1.81. The molecule has 0 saturated heterocycles. The number of aromatic nitrogens is 1. The van der Waals surface area contributed by atoms with E-state index in [1.54, 1.807) is 12.3 Å². The molecule has 1 aromatic heterocycles. The predicted octanol–water partition coefficient (Wildman–Crippen LogP) is 3.50. The van der Waals surface area contributed by atoms with Gasteiger partial charge < -0.3 is 10.1 Å². The Bertz CT molecular complexity index is 887. The van der Waals surface area contributed by atoms with Crippen molar-refractivity contribution in [3.63, 3.8) is 0 Å². The van der Waals surface area contributed by atoms with Gasteiger partial charge in [-0.25, -0.2) is 0 Å². The Balaban J connectivity index is 2.04. The van der Waals surface area contributed by atoms with Crippen molar-refractivity contribution in [3.8, 4) is 5.75 Å². The lowest BCUT2D eigenvalue weighted by atomic mass is 9.90. The molecule has 1 aliphatic carbocycles. The SMILES string of the molecule is O=C1Cc2c([nH]c3cc(O)c(Br)cc23)C2=C1CC=CC=N2. The minimum atomic E-state index is 0.117. The average molecular weight is 343 g/mol. The molecule has 4 nitrogen and oxygen atoms in total. The highest BCUT2D eigenvalue weighted by Gasteiger charge is 2.28. The van der Waals surface area contributed by atoms with Gasteiger partial charge >= 0.3 is 0 Å². The van der Waals surface area contributed by atoms with Crippen LogP contribution >= 0.6 is 15.9 Å². The van der Waals surface area contributed by atoms with E-state index < -0.39 is 0 Å². The lowest BCUT2D eigenvalue weighted by molar-refractivity contribution is -0.115. The van der Waals surface area contributed by atoms with E-state index in [4.69, 9.17) is 0 Å². The maximum atomic E-state index is 12.4. The normalized spacial score (nSPS) is 17.1. The molecule has 0 spiro atoms. The number of ketones is 1. The van der Waals surface area contributed by atoms with Gasteiger partial charge in [0.15, 0.2) is 5.78 Å². The van der Waals surface area contributed by atoms with E-state index in [0.717, 1.165) is 33.4 Å². The molecule has 1 aromatic carbocycles. The molecule has 0 atom stereocenters. The van der Waals surface area contributed by atoms with Crippen LogP contribution in [0.1, 0.15) is 17.7 Å². The second-order valence-electron chi connectivity index (χ2n) is 5.17. The number of nitrogens with one attached hydrogen (secondary N) is 1. The fourth-order valence-electron chi connectivity index (χ4n) is 2.91. The van der Waals surface area contributed by atoms with Crippen LogP contribution in [0.5, 0.6) is 5.75 Å². The molecule has 104 valence electrons. The molecular formula is C16H11BrN2O2. The number of allylic oxidation sites excluding steroid dienone is 3. The van der Waals surface area contributed by atoms with Crippen molar-refractivity contribution in [1.82, 2.24) is 4.98 Å². The zero-order valence-corrected chi connectivity index (χ0v) is 12.6. The van der Waals surface area contributed by atoms with Crippen molar-refractivity contribution >= 4 is 44.5 Å². The number of aromatic amines is 1. The number of carbonyl (C=O) groups is 1. The number of rotatable bonds is 0. The van der Waals surface area contributed by atoms with E-state index in [0.29, 0.717) is 17.3 Å². The number of fused-ring (bicyclic) bond motifs is 4. The third-order valence-corrected chi connectivity index (χ3v) is 4.55. The molecule has 0 saturated carbocycles. The van der Waals surface area contributed by atoms with Crippen LogP contribution in [-0.4, -0.2) is 22.1 Å². The lowest BCUT2D eigenvalue weighted by Gasteiger charge is -2.15. The van der Waals surface area contributed by atoms with E-state index in [2.05, 4.69) is 25.9 Å². The summed E-state index contributed by atoms with van der Waals surface area (Å²) in [6, 6.07) is 3.51. The molecule has 0 amide bonds. The molecule has 0 bridgehead atoms. The van der Waals surface area contributed by atoms with Crippen LogP contribution < -0.4 is 0 Å². The number of nitrogens with zero attached hydrogens (tertiary/aromatic N) is 1. The zero-order valence-electron chi connectivity index (χ0n) is 11.0. The highest BCUT2D eigenvalue weighted by molar-refractivity contribution is 9.10. The minimum Gasteiger partial charge on any atom is -0.507 e. The fraction of sp³-hybridized carbons (Fsp3) is 0.125. The smallest absolute Gasteiger partial charge is 0.165 e. The van der Waals surface area contributed by atoms with Crippen molar-refractivity contribution in [1.29, 1.82) is 0 Å². The number of carbonyl (C=O) groups excluding carboxylic acids is 1. The summed E-state index contributed by atoms with van der Waals surface area (Å²) in [6.45, 7) is 0. The van der Waals surface area contributed by atoms with Gasteiger partial charge in [0, 0.05) is 35.2 Å². The highest BCUT2D eigenvalue weighted by Crippen LogP contribution is 2.39. The molecule has 0 unspecified atom stereocenters. The van der Waals surface area contributed by atoms with Crippen molar-refractivity contribution in [3.05, 3.63) is 45.6 Å². The zero-order chi connectivity index (χ0) is 14.6. The van der Waals surface area contributed by atoms with E-state index in [9.17, 15) is 9.90 Å². The minimum absolute atomic E-state index is 0.117. The van der Waals surface area contributed by atoms with Gasteiger partial charge in [-0.2, -0.15) is 0 Å². The number of H-pyrrole nitrogens is 1. The Hall–Kier alpha value is -2.14. The Morgan fingerprint density at radius 1 is 1.33 bits per heavy atom. The summed E-state index contributed by atoms with van der Waals surface area (Å²) in [5, 5.41) is 10.8. The van der Waals surface area contributed by atoms with Gasteiger partial charge in [0.1, 0.15) is 5.75 Å². The maximum Gasteiger partial charge on any atom is 0.165 e. The number of aliphatic imine (C=N–C) groups is 1. The van der Waals surface area contributed by atoms with E-state index in [1.807, 2.05) is 18.2 Å². The molecule has 2 heterocycles. The Morgan fingerprint density at radius 3 is 3.05 bits per heavy atom. The van der Waals surface area contributed by atoms with Gasteiger partial charge in [-0.3, -0.25) is 9.79 Å². The monoisotopic (exact) mass is 342 g/mol. The van der Waals surface area contributed by atoms with Crippen LogP contribution in [0.25, 0.3) is 16.6 Å². The summed E-state index contributed by atoms with van der Waals surface area (Å²) in [5.74, 6) is 0.291. The first-order chi connectivity index (χ1) is 10.1. The molecule has 0 radical (unpaired) electrons. The molecule has 0 fully saturated rings. The van der Waals surface area contributed by atoms with E-state index in [1.165, 1.54) is 0 Å². The Labute approximate surface area is 129 Å². The number of aromatic hydroxyl groups is 1. The number of halogens is 1. The number of phenols is 1. The van der Waals surface area contributed by atoms with Crippen molar-refractivity contribution in [2.24, 2.45) is 4.99 Å². The van der Waals surface area contributed by atoms with Gasteiger partial charge in [-0.1, -0.05) is 6.08 Å². The third-order valence-electron chi connectivity index (χ3n) is 3.92. The summed E-state index contributed by atoms with van der Waals surface area (Å²) in [6.07, 6.45) is 6.49. The Kier molecular flexibility index (Phi) is 2.65. The molecule has 21 heavy (non-hydrogen) atoms. The van der Waals surface area contributed by atoms with Crippen molar-refractivity contribution in [2.75, 3.05) is 0 Å². The maximum absolute atomic E-state index is 12.4. The standard InChI is InChI=1S/C16H11BrN2O2/c17-11-5-9-10-6-13(20)8-3-1-2-4-18-15(8)16(10)19-12(9)7-14(11)21/h1-2,4-5,7,19,21H,3,6H2. The first kappa shape index (κ1) is 12.6. The van der Waals surface area contributed by atoms with E-state index in [-0.39, 0.29) is 11.5 Å². The summed E-state index contributed by atoms with van der Waals surface area (Å²) in [7, 11) is 0. The number of Topliss-reactive ketones (excluding diaryl/α,β-unsaturated/α-hetero) is 1. The molecular weight excluding hydrogens is 332 g/mol. The summed E-state index contributed by atoms with van der Waals surface area (Å²) < 4.78 is 0.620. The molecule has 2 aliphatic rings. The summed E-state index contributed by atoms with van der Waals surface area (Å²) >= 11 is 3.32. The lowest BCUT2D eigenvalue weighted by Crippen LogP contribution is -2.14. The van der Waals surface area contributed by atoms with Crippen LogP contribution in [0.4, 0.5) is 0 Å². The molecule has 5 heteroatoms. The Morgan fingerprint density at radius 2 is 2.19 bits per heavy atom. The van der Waals surface area contributed by atoms with Crippen molar-refractivity contribution in [2.45, 2.75) is 12.8 Å². The summed E-state index contributed by atoms with van der Waals surface area (Å²) in [5.41, 5.74) is 4.13. The molecule has 4 rings (SSSR count). The van der Waals surface area contributed by atoms with Crippen LogP contribution in [0, 0.1) is 0 Å². The topological polar surface area (TPSA) is 65.5 Å². The van der Waals surface area contributed by atoms with Gasteiger partial charge in [-0.05, 0) is 40.1 Å². The number of benzene rings is 1. The predicted molar refractivity (Wildman–Crippen MR) is 85.5 cm³/mol. The average Bonchev–Trinajstić information content (AvgIpc) is 2.65. The van der Waals surface area contributed by atoms with Gasteiger partial charge in [0.05, 0.1) is 15.9 Å². The fourth-order valence-corrected chi connectivity index (χ4v) is 3.26. The molecule has 2 N–H and O–H groups in total. The van der Waals surface area contributed by atoms with Crippen molar-refractivity contribution < 1.29 is 9.90 Å². The van der Waals surface area contributed by atoms with Crippen LogP contribution in [0.3, 0.4) is 0 Å². The summed E-state index contributed by atoms with van der Waals surface area (Å²) in [4.78, 5) is 20.1. The second kappa shape index (κ2) is 4.43. The van der Waals surface area contributed by atoms with E-state index >= 15 is 0 Å². The first-order valence-electron chi connectivity index (χ1n) is 6.64. The first-order valence-corrected chi connectivity index (χ1v) is 7.43. The van der Waals surface area contributed by atoms with Gasteiger partial charge in [0.25, 0.3) is 0 Å². The number of phenolic OH excluding ortho intramolecular Hbond substituents is 1. The van der Waals surface area contributed by atoms with Gasteiger partial charge in [0.2, 0.25) is 0 Å². The largest absolute Gasteiger partial charge is 0.507 e.